The third-order valence-electron chi connectivity index (χ3n) is 3.90. The van der Waals surface area contributed by atoms with Crippen LogP contribution in [0.5, 0.6) is 0 Å². The zero-order valence-corrected chi connectivity index (χ0v) is 12.0. The van der Waals surface area contributed by atoms with E-state index in [9.17, 15) is 9.59 Å². The van der Waals surface area contributed by atoms with Crippen molar-refractivity contribution in [1.29, 1.82) is 0 Å². The first kappa shape index (κ1) is 13.4. The minimum absolute atomic E-state index is 0.0849. The molecule has 3 rings (SSSR count). The van der Waals surface area contributed by atoms with Gasteiger partial charge in [-0.1, -0.05) is 17.7 Å². The highest BCUT2D eigenvalue weighted by atomic mass is 35.5. The summed E-state index contributed by atoms with van der Waals surface area (Å²) in [4.78, 5) is 25.1. The molecule has 1 aromatic carbocycles. The van der Waals surface area contributed by atoms with Gasteiger partial charge in [-0.2, -0.15) is 0 Å². The van der Waals surface area contributed by atoms with Gasteiger partial charge in [-0.15, -0.1) is 0 Å². The Bertz CT molecular complexity index is 772. The average Bonchev–Trinajstić information content (AvgIpc) is 2.46. The number of halogens is 1. The first-order chi connectivity index (χ1) is 9.61. The van der Waals surface area contributed by atoms with E-state index in [1.807, 2.05) is 0 Å². The summed E-state index contributed by atoms with van der Waals surface area (Å²) in [5, 5.41) is 4.15. The highest BCUT2D eigenvalue weighted by molar-refractivity contribution is 6.35. The van der Waals surface area contributed by atoms with E-state index in [1.54, 1.807) is 25.2 Å². The summed E-state index contributed by atoms with van der Waals surface area (Å²) in [6.07, 6.45) is 1.81. The Balaban J connectivity index is 2.34. The van der Waals surface area contributed by atoms with Crippen LogP contribution in [0.25, 0.3) is 10.9 Å². The molecule has 106 valence electrons. The molecule has 1 saturated heterocycles. The van der Waals surface area contributed by atoms with Crippen LogP contribution < -0.4 is 16.6 Å². The fraction of sp³-hybridized carbons (Fsp3) is 0.429. The Kier molecular flexibility index (Phi) is 3.40. The van der Waals surface area contributed by atoms with Crippen LogP contribution in [0.2, 0.25) is 5.02 Å². The molecule has 0 aliphatic carbocycles. The van der Waals surface area contributed by atoms with Crippen molar-refractivity contribution in [1.82, 2.24) is 14.5 Å². The summed E-state index contributed by atoms with van der Waals surface area (Å²) >= 11 is 6.12. The number of nitrogens with one attached hydrogen (secondary N) is 1. The number of aromatic nitrogens is 2. The summed E-state index contributed by atoms with van der Waals surface area (Å²) < 4.78 is 2.83. The van der Waals surface area contributed by atoms with Crippen LogP contribution >= 0.6 is 11.6 Å². The lowest BCUT2D eigenvalue weighted by molar-refractivity contribution is 0.351. The summed E-state index contributed by atoms with van der Waals surface area (Å²) in [7, 11) is 1.66. The minimum atomic E-state index is -0.302. The maximum atomic E-state index is 12.6. The predicted molar refractivity (Wildman–Crippen MR) is 79.6 cm³/mol. The van der Waals surface area contributed by atoms with Crippen molar-refractivity contribution < 1.29 is 0 Å². The van der Waals surface area contributed by atoms with Gasteiger partial charge in [-0.05, 0) is 31.5 Å². The Labute approximate surface area is 120 Å². The van der Waals surface area contributed by atoms with E-state index >= 15 is 0 Å². The van der Waals surface area contributed by atoms with Gasteiger partial charge in [0, 0.05) is 13.6 Å². The number of aryl methyl sites for hydroxylation is 1. The zero-order valence-electron chi connectivity index (χ0n) is 11.2. The molecule has 6 heteroatoms. The molecule has 2 heterocycles. The molecule has 1 atom stereocenters. The molecule has 1 unspecified atom stereocenters. The monoisotopic (exact) mass is 293 g/mol. The molecule has 0 amide bonds. The van der Waals surface area contributed by atoms with Crippen LogP contribution in [-0.2, 0) is 7.05 Å². The van der Waals surface area contributed by atoms with Crippen molar-refractivity contribution in [3.05, 3.63) is 44.1 Å². The van der Waals surface area contributed by atoms with Crippen molar-refractivity contribution in [2.45, 2.75) is 18.9 Å². The van der Waals surface area contributed by atoms with Crippen molar-refractivity contribution in [3.63, 3.8) is 0 Å². The smallest absolute Gasteiger partial charge is 0.315 e. The molecule has 0 bridgehead atoms. The maximum absolute atomic E-state index is 12.6. The SMILES string of the molecule is Cn1c(=O)n(C2CCCNC2)c(=O)c2cccc(Cl)c21. The molecule has 1 aliphatic heterocycles. The number of hydrogen-bond acceptors (Lipinski definition) is 3. The number of rotatable bonds is 1. The third kappa shape index (κ3) is 1.98. The van der Waals surface area contributed by atoms with Gasteiger partial charge >= 0.3 is 5.69 Å². The van der Waals surface area contributed by atoms with Crippen molar-refractivity contribution >= 4 is 22.5 Å². The molecule has 1 aliphatic rings. The highest BCUT2D eigenvalue weighted by Crippen LogP contribution is 2.20. The molecule has 20 heavy (non-hydrogen) atoms. The van der Waals surface area contributed by atoms with Crippen LogP contribution in [0.15, 0.2) is 27.8 Å². The van der Waals surface area contributed by atoms with Gasteiger partial charge in [0.2, 0.25) is 0 Å². The fourth-order valence-electron chi connectivity index (χ4n) is 2.88. The molecule has 5 nitrogen and oxygen atoms in total. The average molecular weight is 294 g/mol. The van der Waals surface area contributed by atoms with Gasteiger partial charge in [-0.25, -0.2) is 4.79 Å². The van der Waals surface area contributed by atoms with E-state index in [-0.39, 0.29) is 17.3 Å². The molecule has 0 radical (unpaired) electrons. The van der Waals surface area contributed by atoms with Gasteiger partial charge in [0.1, 0.15) is 0 Å². The number of nitrogens with zero attached hydrogens (tertiary/aromatic N) is 2. The number of para-hydroxylation sites is 1. The second-order valence-electron chi connectivity index (χ2n) is 5.15. The minimum Gasteiger partial charge on any atom is -0.315 e. The van der Waals surface area contributed by atoms with Crippen molar-refractivity contribution in [2.24, 2.45) is 7.05 Å². The predicted octanol–water partition coefficient (Wildman–Crippen LogP) is 1.28. The molecule has 1 N–H and O–H groups in total. The van der Waals surface area contributed by atoms with Gasteiger partial charge in [0.15, 0.2) is 0 Å². The van der Waals surface area contributed by atoms with Crippen LogP contribution in [0.3, 0.4) is 0 Å². The lowest BCUT2D eigenvalue weighted by Gasteiger charge is -2.25. The molecule has 0 saturated carbocycles. The molecule has 1 fully saturated rings. The summed E-state index contributed by atoms with van der Waals surface area (Å²) in [6, 6.07) is 5.06. The topological polar surface area (TPSA) is 56.0 Å². The first-order valence-corrected chi connectivity index (χ1v) is 7.09. The van der Waals surface area contributed by atoms with Gasteiger partial charge in [0.25, 0.3) is 5.56 Å². The van der Waals surface area contributed by atoms with E-state index in [2.05, 4.69) is 5.32 Å². The second-order valence-corrected chi connectivity index (χ2v) is 5.56. The number of benzene rings is 1. The van der Waals surface area contributed by atoms with Gasteiger partial charge in [-0.3, -0.25) is 13.9 Å². The lowest BCUT2D eigenvalue weighted by Crippen LogP contribution is -2.46. The Morgan fingerprint density at radius 3 is 2.85 bits per heavy atom. The van der Waals surface area contributed by atoms with Gasteiger partial charge < -0.3 is 5.32 Å². The molecule has 1 aromatic heterocycles. The van der Waals surface area contributed by atoms with Crippen LogP contribution in [-0.4, -0.2) is 22.2 Å². The molecule has 2 aromatic rings. The Morgan fingerprint density at radius 2 is 2.15 bits per heavy atom. The van der Waals surface area contributed by atoms with E-state index in [4.69, 9.17) is 11.6 Å². The third-order valence-corrected chi connectivity index (χ3v) is 4.21. The summed E-state index contributed by atoms with van der Waals surface area (Å²) in [5.74, 6) is 0. The molecule has 0 spiro atoms. The van der Waals surface area contributed by atoms with Crippen molar-refractivity contribution in [3.8, 4) is 0 Å². The lowest BCUT2D eigenvalue weighted by atomic mass is 10.1. The number of hydrogen-bond donors (Lipinski definition) is 1. The standard InChI is InChI=1S/C14H16ClN3O2/c1-17-12-10(5-2-6-11(12)15)13(19)18(14(17)20)9-4-3-7-16-8-9/h2,5-6,9,16H,3-4,7-8H2,1H3. The maximum Gasteiger partial charge on any atom is 0.331 e. The highest BCUT2D eigenvalue weighted by Gasteiger charge is 2.21. The quantitative estimate of drug-likeness (QED) is 0.862. The summed E-state index contributed by atoms with van der Waals surface area (Å²) in [5.41, 5.74) is -0.0483. The first-order valence-electron chi connectivity index (χ1n) is 6.71. The van der Waals surface area contributed by atoms with Crippen LogP contribution in [0.4, 0.5) is 0 Å². The molecular weight excluding hydrogens is 278 g/mol. The van der Waals surface area contributed by atoms with Crippen LogP contribution in [0.1, 0.15) is 18.9 Å². The normalized spacial score (nSPS) is 19.4. The summed E-state index contributed by atoms with van der Waals surface area (Å²) in [6.45, 7) is 1.59. The van der Waals surface area contributed by atoms with Gasteiger partial charge in [0.05, 0.1) is 22.0 Å². The molecular formula is C14H16ClN3O2. The van der Waals surface area contributed by atoms with E-state index < -0.39 is 0 Å². The van der Waals surface area contributed by atoms with Crippen LogP contribution in [0, 0.1) is 0 Å². The number of fused-ring (bicyclic) bond motifs is 1. The second kappa shape index (κ2) is 5.07. The Hall–Kier alpha value is -1.59. The zero-order chi connectivity index (χ0) is 14.3. The largest absolute Gasteiger partial charge is 0.331 e. The number of piperidine rings is 1. The Morgan fingerprint density at radius 1 is 1.35 bits per heavy atom. The fourth-order valence-corrected chi connectivity index (χ4v) is 3.18. The van der Waals surface area contributed by atoms with Crippen molar-refractivity contribution in [2.75, 3.05) is 13.1 Å². The van der Waals surface area contributed by atoms with E-state index in [1.165, 1.54) is 9.13 Å². The van der Waals surface area contributed by atoms with E-state index in [0.29, 0.717) is 22.5 Å². The van der Waals surface area contributed by atoms with E-state index in [0.717, 1.165) is 19.4 Å².